The zero-order chi connectivity index (χ0) is 15.1. The zero-order valence-electron chi connectivity index (χ0n) is 12.7. The maximum Gasteiger partial charge on any atom is 0.149 e. The summed E-state index contributed by atoms with van der Waals surface area (Å²) < 4.78 is 28.3. The molecular weight excluding hydrogens is 278 g/mol. The predicted molar refractivity (Wildman–Crippen MR) is 84.6 cm³/mol. The van der Waals surface area contributed by atoms with Crippen molar-refractivity contribution >= 4 is 17.4 Å². The van der Waals surface area contributed by atoms with Crippen molar-refractivity contribution in [3.8, 4) is 0 Å². The number of nitrogens with zero attached hydrogens (tertiary/aromatic N) is 1. The molecule has 0 bridgehead atoms. The van der Waals surface area contributed by atoms with Crippen molar-refractivity contribution in [1.82, 2.24) is 5.32 Å². The lowest BCUT2D eigenvalue weighted by atomic mass is 10.1. The molecule has 0 radical (unpaired) electrons. The van der Waals surface area contributed by atoms with E-state index in [4.69, 9.17) is 0 Å². The Labute approximate surface area is 124 Å². The largest absolute Gasteiger partial charge is 0.367 e. The van der Waals surface area contributed by atoms with Gasteiger partial charge < -0.3 is 10.2 Å². The van der Waals surface area contributed by atoms with E-state index in [9.17, 15) is 8.78 Å². The average molecular weight is 302 g/mol. The Kier molecular flexibility index (Phi) is 7.30. The van der Waals surface area contributed by atoms with Gasteiger partial charge in [-0.05, 0) is 49.6 Å². The summed E-state index contributed by atoms with van der Waals surface area (Å²) in [7, 11) is 1.75. The first-order valence-corrected chi connectivity index (χ1v) is 8.31. The molecule has 1 rings (SSSR count). The number of anilines is 1. The van der Waals surface area contributed by atoms with Gasteiger partial charge in [0.1, 0.15) is 17.3 Å². The smallest absolute Gasteiger partial charge is 0.149 e. The molecule has 1 atom stereocenters. The molecular formula is C15H24F2N2S. The normalized spacial score (nSPS) is 12.5. The Morgan fingerprint density at radius 3 is 2.40 bits per heavy atom. The molecule has 20 heavy (non-hydrogen) atoms. The van der Waals surface area contributed by atoms with Gasteiger partial charge in [0.15, 0.2) is 0 Å². The molecule has 0 aliphatic heterocycles. The van der Waals surface area contributed by atoms with Gasteiger partial charge in [-0.1, -0.05) is 6.92 Å². The molecule has 0 heterocycles. The minimum Gasteiger partial charge on any atom is -0.367 e. The molecule has 1 aromatic carbocycles. The maximum atomic E-state index is 14.2. The van der Waals surface area contributed by atoms with Crippen molar-refractivity contribution in [2.75, 3.05) is 30.5 Å². The molecule has 0 spiro atoms. The molecule has 1 unspecified atom stereocenters. The van der Waals surface area contributed by atoms with Crippen molar-refractivity contribution in [1.29, 1.82) is 0 Å². The molecule has 0 amide bonds. The fourth-order valence-corrected chi connectivity index (χ4v) is 2.61. The van der Waals surface area contributed by atoms with Crippen molar-refractivity contribution in [2.45, 2.75) is 32.9 Å². The summed E-state index contributed by atoms with van der Waals surface area (Å²) in [6, 6.07) is 2.93. The van der Waals surface area contributed by atoms with E-state index in [1.54, 1.807) is 23.7 Å². The summed E-state index contributed by atoms with van der Waals surface area (Å²) in [6.45, 7) is 5.21. The van der Waals surface area contributed by atoms with Gasteiger partial charge >= 0.3 is 0 Å². The van der Waals surface area contributed by atoms with Gasteiger partial charge in [0.05, 0.1) is 0 Å². The van der Waals surface area contributed by atoms with Gasteiger partial charge in [-0.15, -0.1) is 0 Å². The number of hydrogen-bond donors (Lipinski definition) is 1. The van der Waals surface area contributed by atoms with Crippen molar-refractivity contribution < 1.29 is 8.78 Å². The van der Waals surface area contributed by atoms with Crippen LogP contribution in [0.3, 0.4) is 0 Å². The highest BCUT2D eigenvalue weighted by Crippen LogP contribution is 2.26. The van der Waals surface area contributed by atoms with Crippen LogP contribution in [0, 0.1) is 11.6 Å². The third-order valence-corrected chi connectivity index (χ3v) is 4.05. The van der Waals surface area contributed by atoms with E-state index < -0.39 is 11.6 Å². The van der Waals surface area contributed by atoms with Crippen LogP contribution in [0.1, 0.15) is 25.8 Å². The Balaban J connectivity index is 2.89. The topological polar surface area (TPSA) is 15.3 Å². The van der Waals surface area contributed by atoms with Crippen molar-refractivity contribution in [3.63, 3.8) is 0 Å². The number of benzene rings is 1. The molecule has 2 nitrogen and oxygen atoms in total. The SMILES string of the molecule is CCNCc1cc(F)c(N(C)C(C)CCSC)c(F)c1. The monoisotopic (exact) mass is 302 g/mol. The number of hydrogen-bond acceptors (Lipinski definition) is 3. The summed E-state index contributed by atoms with van der Waals surface area (Å²) >= 11 is 1.74. The summed E-state index contributed by atoms with van der Waals surface area (Å²) in [6.07, 6.45) is 2.93. The molecule has 0 fully saturated rings. The van der Waals surface area contributed by atoms with Gasteiger partial charge in [-0.25, -0.2) is 8.78 Å². The maximum absolute atomic E-state index is 14.2. The fraction of sp³-hybridized carbons (Fsp3) is 0.600. The predicted octanol–water partition coefficient (Wildman–Crippen LogP) is 3.65. The number of nitrogens with one attached hydrogen (secondary N) is 1. The van der Waals surface area contributed by atoms with E-state index in [0.29, 0.717) is 12.1 Å². The first-order chi connectivity index (χ1) is 9.51. The number of rotatable bonds is 8. The van der Waals surface area contributed by atoms with Crippen LogP contribution >= 0.6 is 11.8 Å². The molecule has 0 saturated carbocycles. The van der Waals surface area contributed by atoms with Crippen molar-refractivity contribution in [2.24, 2.45) is 0 Å². The second kappa shape index (κ2) is 8.47. The van der Waals surface area contributed by atoms with Crippen LogP contribution in [0.2, 0.25) is 0 Å². The standard InChI is InChI=1S/C15H24F2N2S/c1-5-18-10-12-8-13(16)15(14(17)9-12)19(3)11(2)6-7-20-4/h8-9,11,18H,5-7,10H2,1-4H3. The van der Waals surface area contributed by atoms with Gasteiger partial charge in [-0.2, -0.15) is 11.8 Å². The Morgan fingerprint density at radius 1 is 1.30 bits per heavy atom. The highest BCUT2D eigenvalue weighted by Gasteiger charge is 2.19. The van der Waals surface area contributed by atoms with E-state index in [1.165, 1.54) is 12.1 Å². The minimum absolute atomic E-state index is 0.0684. The zero-order valence-corrected chi connectivity index (χ0v) is 13.5. The molecule has 0 aromatic heterocycles. The van der Waals surface area contributed by atoms with E-state index >= 15 is 0 Å². The molecule has 0 aliphatic carbocycles. The lowest BCUT2D eigenvalue weighted by molar-refractivity contribution is 0.553. The minimum atomic E-state index is -0.489. The molecule has 1 aromatic rings. The average Bonchev–Trinajstić information content (AvgIpc) is 2.41. The van der Waals surface area contributed by atoms with Crippen LogP contribution in [0.5, 0.6) is 0 Å². The highest BCUT2D eigenvalue weighted by atomic mass is 32.2. The van der Waals surface area contributed by atoms with Crippen LogP contribution < -0.4 is 10.2 Å². The molecule has 1 N–H and O–H groups in total. The molecule has 0 aliphatic rings. The summed E-state index contributed by atoms with van der Waals surface area (Å²) in [4.78, 5) is 1.69. The Hall–Kier alpha value is -0.810. The van der Waals surface area contributed by atoms with E-state index in [2.05, 4.69) is 5.32 Å². The van der Waals surface area contributed by atoms with E-state index in [-0.39, 0.29) is 11.7 Å². The Bertz CT molecular complexity index is 403. The van der Waals surface area contributed by atoms with Crippen LogP contribution in [0.25, 0.3) is 0 Å². The van der Waals surface area contributed by atoms with Crippen LogP contribution in [-0.2, 0) is 6.54 Å². The summed E-state index contributed by atoms with van der Waals surface area (Å²) in [5.41, 5.74) is 0.703. The van der Waals surface area contributed by atoms with Crippen LogP contribution in [0.15, 0.2) is 12.1 Å². The molecule has 0 saturated heterocycles. The number of halogens is 2. The number of thioether (sulfide) groups is 1. The van der Waals surface area contributed by atoms with E-state index in [0.717, 1.165) is 18.7 Å². The van der Waals surface area contributed by atoms with Gasteiger partial charge in [0.25, 0.3) is 0 Å². The quantitative estimate of drug-likeness (QED) is 0.789. The Morgan fingerprint density at radius 2 is 1.90 bits per heavy atom. The summed E-state index contributed by atoms with van der Waals surface area (Å²) in [5.74, 6) is 0.000533. The summed E-state index contributed by atoms with van der Waals surface area (Å²) in [5, 5.41) is 3.07. The molecule has 114 valence electrons. The van der Waals surface area contributed by atoms with Gasteiger partial charge in [0, 0.05) is 19.6 Å². The third-order valence-electron chi connectivity index (χ3n) is 3.41. The van der Waals surface area contributed by atoms with Crippen LogP contribution in [0.4, 0.5) is 14.5 Å². The molecule has 5 heteroatoms. The van der Waals surface area contributed by atoms with Gasteiger partial charge in [0.2, 0.25) is 0 Å². The van der Waals surface area contributed by atoms with Crippen molar-refractivity contribution in [3.05, 3.63) is 29.3 Å². The lowest BCUT2D eigenvalue weighted by Gasteiger charge is -2.28. The second-order valence-electron chi connectivity index (χ2n) is 4.93. The first kappa shape index (κ1) is 17.2. The van der Waals surface area contributed by atoms with Gasteiger partial charge in [-0.3, -0.25) is 0 Å². The fourth-order valence-electron chi connectivity index (χ4n) is 2.03. The van der Waals surface area contributed by atoms with Crippen LogP contribution in [-0.4, -0.2) is 31.6 Å². The highest BCUT2D eigenvalue weighted by molar-refractivity contribution is 7.98. The van der Waals surface area contributed by atoms with E-state index in [1.807, 2.05) is 20.1 Å². The lowest BCUT2D eigenvalue weighted by Crippen LogP contribution is -2.31. The third kappa shape index (κ3) is 4.63. The second-order valence-corrected chi connectivity index (χ2v) is 5.92. The first-order valence-electron chi connectivity index (χ1n) is 6.91.